The van der Waals surface area contributed by atoms with Gasteiger partial charge in [-0.1, -0.05) is 77.5 Å². The molecule has 0 bridgehead atoms. The molecule has 3 aromatic carbocycles. The zero-order valence-corrected chi connectivity index (χ0v) is 27.7. The summed E-state index contributed by atoms with van der Waals surface area (Å²) in [6.45, 7) is 6.49. The van der Waals surface area contributed by atoms with E-state index in [0.717, 1.165) is 28.3 Å². The molecule has 0 aliphatic carbocycles. The molecule has 8 nitrogen and oxygen atoms in total. The van der Waals surface area contributed by atoms with Crippen LogP contribution in [0.2, 0.25) is 0 Å². The summed E-state index contributed by atoms with van der Waals surface area (Å²) in [5.74, 6) is 0.0185. The predicted octanol–water partition coefficient (Wildman–Crippen LogP) is 5.95. The van der Waals surface area contributed by atoms with Crippen LogP contribution in [0.15, 0.2) is 83.3 Å². The van der Waals surface area contributed by atoms with Crippen molar-refractivity contribution in [2.45, 2.75) is 65.1 Å². The number of rotatable bonds is 16. The van der Waals surface area contributed by atoms with E-state index in [4.69, 9.17) is 4.74 Å². The maximum atomic E-state index is 14.0. The summed E-state index contributed by atoms with van der Waals surface area (Å²) in [6, 6.07) is 23.5. The first-order valence-electron chi connectivity index (χ1n) is 14.6. The number of halogens is 1. The van der Waals surface area contributed by atoms with Crippen molar-refractivity contribution >= 4 is 43.5 Å². The minimum atomic E-state index is -3.66. The number of hydrogen-bond acceptors (Lipinski definition) is 5. The summed E-state index contributed by atoms with van der Waals surface area (Å²) in [7, 11) is -3.66. The number of para-hydroxylation sites is 2. The molecule has 10 heteroatoms. The van der Waals surface area contributed by atoms with Gasteiger partial charge in [0, 0.05) is 36.4 Å². The average molecular weight is 673 g/mol. The highest BCUT2D eigenvalue weighted by molar-refractivity contribution is 9.10. The second-order valence-corrected chi connectivity index (χ2v) is 13.3. The largest absolute Gasteiger partial charge is 0.492 e. The molecule has 0 aromatic heterocycles. The number of hydrogen-bond donors (Lipinski definition) is 1. The van der Waals surface area contributed by atoms with Gasteiger partial charge >= 0.3 is 0 Å². The molecule has 3 rings (SSSR count). The Morgan fingerprint density at radius 2 is 1.58 bits per heavy atom. The monoisotopic (exact) mass is 671 g/mol. The molecule has 1 N–H and O–H groups in total. The molecule has 2 atom stereocenters. The third-order valence-corrected chi connectivity index (χ3v) is 8.83. The van der Waals surface area contributed by atoms with Crippen molar-refractivity contribution in [2.24, 2.45) is 0 Å². The molecule has 232 valence electrons. The number of carbonyl (C=O) groups is 2. The van der Waals surface area contributed by atoms with Gasteiger partial charge in [0.05, 0.1) is 18.6 Å². The van der Waals surface area contributed by atoms with Crippen molar-refractivity contribution in [3.8, 4) is 5.75 Å². The predicted molar refractivity (Wildman–Crippen MR) is 176 cm³/mol. The summed E-state index contributed by atoms with van der Waals surface area (Å²) in [4.78, 5) is 29.3. The Hall–Kier alpha value is -3.37. The molecule has 0 aliphatic rings. The van der Waals surface area contributed by atoms with Crippen LogP contribution in [0, 0.1) is 0 Å². The molecule has 3 aromatic rings. The number of nitrogens with zero attached hydrogens (tertiary/aromatic N) is 2. The quantitative estimate of drug-likeness (QED) is 0.203. The van der Waals surface area contributed by atoms with Gasteiger partial charge < -0.3 is 15.0 Å². The summed E-state index contributed by atoms with van der Waals surface area (Å²) >= 11 is 3.46. The average Bonchev–Trinajstić information content (AvgIpc) is 2.98. The Morgan fingerprint density at radius 1 is 0.930 bits per heavy atom. The minimum absolute atomic E-state index is 0.0517. The number of anilines is 1. The lowest BCUT2D eigenvalue weighted by Crippen LogP contribution is -2.52. The first kappa shape index (κ1) is 34.1. The topological polar surface area (TPSA) is 96.0 Å². The Bertz CT molecular complexity index is 1430. The maximum absolute atomic E-state index is 14.0. The van der Waals surface area contributed by atoms with Gasteiger partial charge in [-0.3, -0.25) is 13.9 Å². The van der Waals surface area contributed by atoms with Gasteiger partial charge in [-0.2, -0.15) is 0 Å². The van der Waals surface area contributed by atoms with E-state index in [1.165, 1.54) is 4.31 Å². The van der Waals surface area contributed by atoms with Gasteiger partial charge in [0.15, 0.2) is 0 Å². The van der Waals surface area contributed by atoms with E-state index in [0.29, 0.717) is 24.5 Å². The van der Waals surface area contributed by atoms with Crippen LogP contribution in [-0.2, 0) is 32.6 Å². The van der Waals surface area contributed by atoms with E-state index in [1.807, 2.05) is 75.4 Å². The molecule has 2 amide bonds. The van der Waals surface area contributed by atoms with E-state index in [2.05, 4.69) is 21.2 Å². The number of amides is 2. The van der Waals surface area contributed by atoms with E-state index >= 15 is 0 Å². The molecule has 0 saturated carbocycles. The van der Waals surface area contributed by atoms with Crippen LogP contribution < -0.4 is 14.4 Å². The van der Waals surface area contributed by atoms with Crippen LogP contribution in [-0.4, -0.2) is 56.6 Å². The first-order valence-corrected chi connectivity index (χ1v) is 17.2. The summed E-state index contributed by atoms with van der Waals surface area (Å²) in [6.07, 6.45) is 2.57. The zero-order chi connectivity index (χ0) is 31.4. The van der Waals surface area contributed by atoms with Crippen molar-refractivity contribution in [2.75, 3.05) is 23.7 Å². The number of ether oxygens (including phenoxy) is 1. The molecule has 0 aliphatic heterocycles. The summed E-state index contributed by atoms with van der Waals surface area (Å²) in [5.41, 5.74) is 2.26. The SMILES string of the molecule is CCOc1ccccc1N(CCCC(=O)N(Cc1ccc(Br)cc1)C(Cc1ccccc1)C(=O)NC(C)CC)S(C)(=O)=O. The number of nitrogens with one attached hydrogen (secondary N) is 1. The smallest absolute Gasteiger partial charge is 0.243 e. The molecular formula is C33H42BrN3O5S. The highest BCUT2D eigenvalue weighted by Crippen LogP contribution is 2.30. The van der Waals surface area contributed by atoms with Gasteiger partial charge in [-0.05, 0) is 62.1 Å². The third-order valence-electron chi connectivity index (χ3n) is 7.12. The molecular weight excluding hydrogens is 630 g/mol. The van der Waals surface area contributed by atoms with Gasteiger partial charge in [-0.15, -0.1) is 0 Å². The second-order valence-electron chi connectivity index (χ2n) is 10.5. The van der Waals surface area contributed by atoms with Gasteiger partial charge in [0.1, 0.15) is 11.8 Å². The maximum Gasteiger partial charge on any atom is 0.243 e. The highest BCUT2D eigenvalue weighted by atomic mass is 79.9. The van der Waals surface area contributed by atoms with E-state index in [9.17, 15) is 18.0 Å². The van der Waals surface area contributed by atoms with Crippen molar-refractivity contribution in [1.29, 1.82) is 0 Å². The first-order chi connectivity index (χ1) is 20.5. The van der Waals surface area contributed by atoms with Crippen molar-refractivity contribution < 1.29 is 22.7 Å². The fourth-order valence-corrected chi connectivity index (χ4v) is 5.94. The number of benzene rings is 3. The molecule has 0 heterocycles. The standard InChI is InChI=1S/C33H42BrN3O5S/c1-5-25(3)35-33(39)30(23-26-13-8-7-9-14-26)36(24-27-18-20-28(34)21-19-27)32(38)17-12-22-37(43(4,40)41)29-15-10-11-16-31(29)42-6-2/h7-11,13-16,18-21,25,30H,5-6,12,17,22-24H2,1-4H3,(H,35,39). The molecule has 0 spiro atoms. The van der Waals surface area contributed by atoms with E-state index in [1.54, 1.807) is 29.2 Å². The molecule has 0 saturated heterocycles. The van der Waals surface area contributed by atoms with Crippen molar-refractivity contribution in [3.63, 3.8) is 0 Å². The Labute approximate surface area is 264 Å². The summed E-state index contributed by atoms with van der Waals surface area (Å²) < 4.78 is 33.5. The summed E-state index contributed by atoms with van der Waals surface area (Å²) in [5, 5.41) is 3.07. The van der Waals surface area contributed by atoms with E-state index < -0.39 is 16.1 Å². The minimum Gasteiger partial charge on any atom is -0.492 e. The van der Waals surface area contributed by atoms with Crippen LogP contribution in [0.4, 0.5) is 5.69 Å². The lowest BCUT2D eigenvalue weighted by Gasteiger charge is -2.33. The Kier molecular flexibility index (Phi) is 13.1. The van der Waals surface area contributed by atoms with Crippen LogP contribution >= 0.6 is 15.9 Å². The van der Waals surface area contributed by atoms with Crippen molar-refractivity contribution in [3.05, 3.63) is 94.5 Å². The molecule has 2 unspecified atom stereocenters. The lowest BCUT2D eigenvalue weighted by atomic mass is 10.0. The number of carbonyl (C=O) groups excluding carboxylic acids is 2. The fraction of sp³-hybridized carbons (Fsp3) is 0.394. The third kappa shape index (κ3) is 10.4. The second kappa shape index (κ2) is 16.5. The van der Waals surface area contributed by atoms with Crippen LogP contribution in [0.3, 0.4) is 0 Å². The number of sulfonamides is 1. The Morgan fingerprint density at radius 3 is 2.21 bits per heavy atom. The fourth-order valence-electron chi connectivity index (χ4n) is 4.70. The van der Waals surface area contributed by atoms with Crippen LogP contribution in [0.1, 0.15) is 51.2 Å². The van der Waals surface area contributed by atoms with Gasteiger partial charge in [0.2, 0.25) is 21.8 Å². The van der Waals surface area contributed by atoms with Crippen molar-refractivity contribution in [1.82, 2.24) is 10.2 Å². The highest BCUT2D eigenvalue weighted by Gasteiger charge is 2.31. The normalized spacial score (nSPS) is 12.7. The Balaban J connectivity index is 1.90. The molecule has 0 radical (unpaired) electrons. The van der Waals surface area contributed by atoms with Crippen LogP contribution in [0.25, 0.3) is 0 Å². The van der Waals surface area contributed by atoms with E-state index in [-0.39, 0.29) is 43.8 Å². The lowest BCUT2D eigenvalue weighted by molar-refractivity contribution is -0.141. The van der Waals surface area contributed by atoms with Gasteiger partial charge in [-0.25, -0.2) is 8.42 Å². The molecule has 0 fully saturated rings. The van der Waals surface area contributed by atoms with Gasteiger partial charge in [0.25, 0.3) is 0 Å². The molecule has 43 heavy (non-hydrogen) atoms. The van der Waals surface area contributed by atoms with Crippen LogP contribution in [0.5, 0.6) is 5.75 Å². The zero-order valence-electron chi connectivity index (χ0n) is 25.3.